The Hall–Kier alpha value is -2.83. The van der Waals surface area contributed by atoms with Crippen LogP contribution >= 0.6 is 22.9 Å². The summed E-state index contributed by atoms with van der Waals surface area (Å²) in [5.74, 6) is -1.40. The van der Waals surface area contributed by atoms with Gasteiger partial charge in [0.05, 0.1) is 5.75 Å². The number of nitrogens with one attached hydrogen (secondary N) is 1. The molecule has 0 spiro atoms. The van der Waals surface area contributed by atoms with Crippen LogP contribution in [0.1, 0.15) is 33.4 Å². The van der Waals surface area contributed by atoms with Crippen molar-refractivity contribution in [2.75, 3.05) is 17.2 Å². The third kappa shape index (κ3) is 8.10. The maximum Gasteiger partial charge on any atom is 0.573 e. The van der Waals surface area contributed by atoms with E-state index in [-0.39, 0.29) is 23.7 Å². The number of halogens is 4. The minimum absolute atomic E-state index is 0.00237. The first-order valence-electron chi connectivity index (χ1n) is 10.7. The van der Waals surface area contributed by atoms with Crippen LogP contribution < -0.4 is 14.4 Å². The zero-order valence-electron chi connectivity index (χ0n) is 19.3. The summed E-state index contributed by atoms with van der Waals surface area (Å²) in [6.07, 6.45) is -4.19. The van der Waals surface area contributed by atoms with Gasteiger partial charge in [-0.3, -0.25) is 4.79 Å². The van der Waals surface area contributed by atoms with Crippen LogP contribution in [-0.2, 0) is 23.0 Å². The topological polar surface area (TPSA) is 88.6 Å². The molecule has 13 heteroatoms. The highest BCUT2D eigenvalue weighted by Gasteiger charge is 2.31. The predicted octanol–water partition coefficient (Wildman–Crippen LogP) is 5.33. The summed E-state index contributed by atoms with van der Waals surface area (Å²) in [6, 6.07) is 12.8. The fourth-order valence-electron chi connectivity index (χ4n) is 3.16. The molecule has 3 aromatic rings. The normalized spacial score (nSPS) is 11.8. The minimum Gasteiger partial charge on any atom is -0.406 e. The van der Waals surface area contributed by atoms with Crippen molar-refractivity contribution in [3.63, 3.8) is 0 Å². The van der Waals surface area contributed by atoms with Crippen LogP contribution in [0.3, 0.4) is 0 Å². The first-order chi connectivity index (χ1) is 16.8. The maximum absolute atomic E-state index is 12.5. The number of rotatable bonds is 10. The number of aryl methyl sites for hydroxylation is 1. The Morgan fingerprint density at radius 1 is 1.11 bits per heavy atom. The number of amides is 1. The molecule has 0 fully saturated rings. The lowest BCUT2D eigenvalue weighted by atomic mass is 10.1. The van der Waals surface area contributed by atoms with E-state index in [1.807, 2.05) is 21.8 Å². The summed E-state index contributed by atoms with van der Waals surface area (Å²) >= 11 is 7.17. The number of alkyl halides is 3. The average molecular weight is 562 g/mol. The quantitative estimate of drug-likeness (QED) is 0.360. The van der Waals surface area contributed by atoms with Crippen LogP contribution in [0.2, 0.25) is 5.02 Å². The fourth-order valence-corrected chi connectivity index (χ4v) is 4.74. The number of ether oxygens (including phenoxy) is 1. The molecule has 7 nitrogen and oxygen atoms in total. The van der Waals surface area contributed by atoms with E-state index in [9.17, 15) is 26.4 Å². The van der Waals surface area contributed by atoms with Crippen molar-refractivity contribution in [1.29, 1.82) is 0 Å². The summed E-state index contributed by atoms with van der Waals surface area (Å²) in [7, 11) is -3.76. The Balaban J connectivity index is 1.84. The van der Waals surface area contributed by atoms with Crippen molar-refractivity contribution in [2.24, 2.45) is 0 Å². The van der Waals surface area contributed by atoms with Gasteiger partial charge in [0.1, 0.15) is 11.4 Å². The SMILES string of the molecule is CCS(=O)(=O)NC(=O)c1nc(N(CCc2ccc(Cl)cc2)Cc2ccc(OC(F)(F)F)cc2)sc1C. The Morgan fingerprint density at radius 3 is 2.31 bits per heavy atom. The van der Waals surface area contributed by atoms with Crippen LogP contribution in [0.25, 0.3) is 0 Å². The lowest BCUT2D eigenvalue weighted by molar-refractivity contribution is -0.274. The number of hydrogen-bond donors (Lipinski definition) is 1. The van der Waals surface area contributed by atoms with Crippen molar-refractivity contribution in [1.82, 2.24) is 9.71 Å². The summed E-state index contributed by atoms with van der Waals surface area (Å²) in [6.45, 7) is 3.82. The van der Waals surface area contributed by atoms with Crippen molar-refractivity contribution in [2.45, 2.75) is 33.2 Å². The number of nitrogens with zero attached hydrogens (tertiary/aromatic N) is 2. The number of thiazole rings is 1. The maximum atomic E-state index is 12.5. The summed E-state index contributed by atoms with van der Waals surface area (Å²) in [5, 5.41) is 1.07. The number of carbonyl (C=O) groups is 1. The van der Waals surface area contributed by atoms with Gasteiger partial charge < -0.3 is 9.64 Å². The second-order valence-electron chi connectivity index (χ2n) is 7.73. The van der Waals surface area contributed by atoms with Crippen LogP contribution in [0, 0.1) is 6.92 Å². The number of aromatic nitrogens is 1. The van der Waals surface area contributed by atoms with E-state index in [2.05, 4.69) is 9.72 Å². The Labute approximate surface area is 215 Å². The number of sulfonamides is 1. The molecule has 0 aliphatic carbocycles. The number of anilines is 1. The Morgan fingerprint density at radius 2 is 1.72 bits per heavy atom. The van der Waals surface area contributed by atoms with E-state index < -0.39 is 22.3 Å². The molecule has 194 valence electrons. The van der Waals surface area contributed by atoms with Gasteiger partial charge in [0.2, 0.25) is 10.0 Å². The summed E-state index contributed by atoms with van der Waals surface area (Å²) < 4.78 is 67.0. The summed E-state index contributed by atoms with van der Waals surface area (Å²) in [4.78, 5) is 19.3. The zero-order chi connectivity index (χ0) is 26.5. The Kier molecular flexibility index (Phi) is 8.85. The van der Waals surface area contributed by atoms with Gasteiger partial charge in [0, 0.05) is 23.0 Å². The third-order valence-electron chi connectivity index (χ3n) is 5.01. The second-order valence-corrected chi connectivity index (χ2v) is 11.4. The van der Waals surface area contributed by atoms with Gasteiger partial charge in [0.15, 0.2) is 5.13 Å². The average Bonchev–Trinajstić information content (AvgIpc) is 3.19. The molecule has 0 aliphatic rings. The van der Waals surface area contributed by atoms with E-state index in [0.717, 1.165) is 5.56 Å². The molecule has 0 unspecified atom stereocenters. The largest absolute Gasteiger partial charge is 0.573 e. The van der Waals surface area contributed by atoms with Gasteiger partial charge in [-0.25, -0.2) is 18.1 Å². The highest BCUT2D eigenvalue weighted by Crippen LogP contribution is 2.29. The molecule has 0 radical (unpaired) electrons. The molecule has 3 rings (SSSR count). The highest BCUT2D eigenvalue weighted by atomic mass is 35.5. The van der Waals surface area contributed by atoms with Crippen LogP contribution in [0.4, 0.5) is 18.3 Å². The molecule has 1 amide bonds. The molecule has 0 aliphatic heterocycles. The standard InChI is InChI=1S/C23H23ClF3N3O4S2/c1-3-36(32,33)29-21(31)20-15(2)35-22(28-20)30(13-12-16-4-8-18(24)9-5-16)14-17-6-10-19(11-7-17)34-23(25,26)27/h4-11H,3,12-14H2,1-2H3,(H,29,31). The Bertz CT molecular complexity index is 1300. The van der Waals surface area contributed by atoms with Gasteiger partial charge in [-0.05, 0) is 55.7 Å². The molecular weight excluding hydrogens is 539 g/mol. The lowest BCUT2D eigenvalue weighted by Gasteiger charge is -2.22. The molecule has 1 aromatic heterocycles. The lowest BCUT2D eigenvalue weighted by Crippen LogP contribution is -2.32. The fraction of sp³-hybridized carbons (Fsp3) is 0.304. The van der Waals surface area contributed by atoms with E-state index in [4.69, 9.17) is 11.6 Å². The second kappa shape index (κ2) is 11.5. The summed E-state index contributed by atoms with van der Waals surface area (Å²) in [5.41, 5.74) is 1.68. The number of hydrogen-bond acceptors (Lipinski definition) is 7. The van der Waals surface area contributed by atoms with Gasteiger partial charge in [0.25, 0.3) is 5.91 Å². The van der Waals surface area contributed by atoms with Crippen molar-refractivity contribution < 1.29 is 31.1 Å². The first-order valence-corrected chi connectivity index (χ1v) is 13.6. The van der Waals surface area contributed by atoms with Gasteiger partial charge in [-0.1, -0.05) is 35.9 Å². The van der Waals surface area contributed by atoms with E-state index >= 15 is 0 Å². The van der Waals surface area contributed by atoms with Gasteiger partial charge >= 0.3 is 6.36 Å². The molecular formula is C23H23ClF3N3O4S2. The molecule has 0 bridgehead atoms. The van der Waals surface area contributed by atoms with E-state index in [1.54, 1.807) is 19.1 Å². The zero-order valence-corrected chi connectivity index (χ0v) is 21.7. The smallest absolute Gasteiger partial charge is 0.406 e. The molecule has 1 N–H and O–H groups in total. The predicted molar refractivity (Wildman–Crippen MR) is 133 cm³/mol. The highest BCUT2D eigenvalue weighted by molar-refractivity contribution is 7.90. The van der Waals surface area contributed by atoms with E-state index in [1.165, 1.54) is 42.5 Å². The minimum atomic E-state index is -4.78. The monoisotopic (exact) mass is 561 g/mol. The van der Waals surface area contributed by atoms with Crippen LogP contribution in [0.15, 0.2) is 48.5 Å². The van der Waals surface area contributed by atoms with Crippen molar-refractivity contribution in [3.05, 3.63) is 75.3 Å². The number of carbonyl (C=O) groups excluding carboxylic acids is 1. The molecule has 0 saturated heterocycles. The van der Waals surface area contributed by atoms with Crippen LogP contribution in [0.5, 0.6) is 5.75 Å². The number of benzene rings is 2. The third-order valence-corrected chi connectivity index (χ3v) is 7.55. The van der Waals surface area contributed by atoms with Crippen molar-refractivity contribution >= 4 is 44.0 Å². The molecule has 36 heavy (non-hydrogen) atoms. The van der Waals surface area contributed by atoms with E-state index in [0.29, 0.717) is 33.6 Å². The molecule has 2 aromatic carbocycles. The molecule has 1 heterocycles. The first kappa shape index (κ1) is 27.8. The van der Waals surface area contributed by atoms with Crippen molar-refractivity contribution in [3.8, 4) is 5.75 Å². The molecule has 0 saturated carbocycles. The van der Waals surface area contributed by atoms with Crippen LogP contribution in [-0.4, -0.2) is 38.0 Å². The van der Waals surface area contributed by atoms with Gasteiger partial charge in [-0.2, -0.15) is 0 Å². The van der Waals surface area contributed by atoms with Gasteiger partial charge in [-0.15, -0.1) is 24.5 Å². The molecule has 0 atom stereocenters.